The lowest BCUT2D eigenvalue weighted by molar-refractivity contribution is -0.137. The Morgan fingerprint density at radius 2 is 1.64 bits per heavy atom. The molecule has 0 aliphatic carbocycles. The fraction of sp³-hybridized carbons (Fsp3) is 0.172. The number of amides is 3. The molecule has 0 saturated carbocycles. The van der Waals surface area contributed by atoms with Crippen molar-refractivity contribution in [1.82, 2.24) is 4.57 Å². The first-order valence-electron chi connectivity index (χ1n) is 12.6. The van der Waals surface area contributed by atoms with E-state index in [0.717, 1.165) is 46.2 Å². The number of carbonyl (C=O) groups excluding carboxylic acids is 3. The lowest BCUT2D eigenvalue weighted by atomic mass is 9.83. The van der Waals surface area contributed by atoms with Crippen molar-refractivity contribution >= 4 is 52.2 Å². The van der Waals surface area contributed by atoms with E-state index in [4.69, 9.17) is 0 Å². The number of imide groups is 1. The Labute approximate surface area is 244 Å². The topological polar surface area (TPSA) is 109 Å². The number of benzene rings is 3. The molecule has 2 aliphatic rings. The third-order valence-electron chi connectivity index (χ3n) is 7.09. The largest absolute Gasteiger partial charge is 0.508 e. The van der Waals surface area contributed by atoms with Crippen LogP contribution in [0.4, 0.5) is 24.5 Å². The van der Waals surface area contributed by atoms with Crippen molar-refractivity contribution in [3.8, 4) is 5.75 Å². The number of rotatable bonds is 5. The maximum Gasteiger partial charge on any atom is 0.416 e. The molecule has 6 rings (SSSR count). The van der Waals surface area contributed by atoms with E-state index in [2.05, 4.69) is 5.32 Å². The summed E-state index contributed by atoms with van der Waals surface area (Å²) >= 11 is 1.80. The molecule has 3 atom stereocenters. The lowest BCUT2D eigenvalue weighted by Gasteiger charge is -2.30. The Morgan fingerprint density at radius 1 is 0.929 bits per heavy atom. The quantitative estimate of drug-likeness (QED) is 0.305. The first kappa shape index (κ1) is 27.8. The highest BCUT2D eigenvalue weighted by Gasteiger charge is 2.57. The molecule has 214 valence electrons. The Hall–Kier alpha value is -4.36. The van der Waals surface area contributed by atoms with Crippen molar-refractivity contribution in [2.45, 2.75) is 28.9 Å². The molecule has 0 radical (unpaired) electrons. The molecule has 0 spiro atoms. The minimum absolute atomic E-state index is 0.0385. The van der Waals surface area contributed by atoms with Crippen LogP contribution in [0, 0.1) is 5.92 Å². The first-order valence-corrected chi connectivity index (χ1v) is 14.3. The van der Waals surface area contributed by atoms with Crippen LogP contribution in [-0.4, -0.2) is 32.6 Å². The van der Waals surface area contributed by atoms with Crippen LogP contribution in [0.3, 0.4) is 0 Å². The van der Waals surface area contributed by atoms with Crippen LogP contribution in [-0.2, 0) is 27.1 Å². The number of para-hydroxylation sites is 1. The molecule has 1 saturated heterocycles. The Morgan fingerprint density at radius 3 is 2.33 bits per heavy atom. The highest BCUT2D eigenvalue weighted by molar-refractivity contribution is 8.00. The van der Waals surface area contributed by atoms with E-state index < -0.39 is 51.4 Å². The number of hydrogen-bond acceptors (Lipinski definition) is 7. The monoisotopic (exact) mass is 611 g/mol. The van der Waals surface area contributed by atoms with Crippen molar-refractivity contribution in [3.05, 3.63) is 105 Å². The number of nitrogens with zero attached hydrogens (tertiary/aromatic N) is 2. The van der Waals surface area contributed by atoms with E-state index >= 15 is 0 Å². The molecule has 3 aromatic carbocycles. The number of fused-ring (bicyclic) bond motifs is 2. The van der Waals surface area contributed by atoms with Gasteiger partial charge in [-0.2, -0.15) is 13.2 Å². The van der Waals surface area contributed by atoms with E-state index in [1.807, 2.05) is 0 Å². The number of phenolic OH excluding ortho intramolecular Hbond substituents is 1. The third kappa shape index (κ3) is 4.88. The fourth-order valence-corrected chi connectivity index (χ4v) is 8.01. The third-order valence-corrected chi connectivity index (χ3v) is 9.70. The zero-order chi connectivity index (χ0) is 29.8. The number of nitrogens with one attached hydrogen (secondary N) is 1. The number of thiazole rings is 1. The number of alkyl halides is 3. The summed E-state index contributed by atoms with van der Waals surface area (Å²) in [7, 11) is 0. The van der Waals surface area contributed by atoms with E-state index in [1.165, 1.54) is 22.8 Å². The molecular formula is C29H20F3N3O5S2. The number of anilines is 2. The molecular weight excluding hydrogens is 591 g/mol. The van der Waals surface area contributed by atoms with Crippen LogP contribution in [0.5, 0.6) is 5.75 Å². The van der Waals surface area contributed by atoms with Gasteiger partial charge in [0.1, 0.15) is 17.5 Å². The maximum absolute atomic E-state index is 13.9. The van der Waals surface area contributed by atoms with Gasteiger partial charge in [0.2, 0.25) is 17.7 Å². The first-order chi connectivity index (χ1) is 20.0. The molecule has 4 aromatic rings. The summed E-state index contributed by atoms with van der Waals surface area (Å²) in [6.07, 6.45) is -4.68. The minimum atomic E-state index is -4.68. The number of carbonyl (C=O) groups is 3. The molecule has 3 heterocycles. The molecule has 0 unspecified atom stereocenters. The number of hydrogen-bond donors (Lipinski definition) is 2. The Kier molecular flexibility index (Phi) is 6.93. The highest BCUT2D eigenvalue weighted by atomic mass is 32.2. The van der Waals surface area contributed by atoms with Crippen molar-refractivity contribution < 1.29 is 32.7 Å². The van der Waals surface area contributed by atoms with Gasteiger partial charge in [-0.25, -0.2) is 4.90 Å². The molecule has 1 fully saturated rings. The van der Waals surface area contributed by atoms with Crippen LogP contribution < -0.4 is 15.1 Å². The van der Waals surface area contributed by atoms with Gasteiger partial charge in [0.05, 0.1) is 22.2 Å². The standard InChI is InChI=1S/C29H20F3N3O5S2/c30-29(31,32)16-5-4-8-18(13-16)35-25(38)22-21(15-9-11-19(36)12-10-15)24-27(41-23(22)26(35)39)34(28(40)42-24)14-20(37)33-17-6-2-1-3-7-17/h1-13,21-23,36H,14H2,(H,33,37)/t21-,22+,23-/m0/s1. The van der Waals surface area contributed by atoms with Crippen LogP contribution in [0.1, 0.15) is 21.9 Å². The number of halogens is 3. The van der Waals surface area contributed by atoms with E-state index in [-0.39, 0.29) is 18.0 Å². The van der Waals surface area contributed by atoms with Gasteiger partial charge >= 0.3 is 11.0 Å². The van der Waals surface area contributed by atoms with Gasteiger partial charge in [-0.05, 0) is 48.0 Å². The van der Waals surface area contributed by atoms with Crippen LogP contribution in [0.2, 0.25) is 0 Å². The normalized spacial score (nSPS) is 19.9. The second kappa shape index (κ2) is 10.5. The highest BCUT2D eigenvalue weighted by Crippen LogP contribution is 2.54. The van der Waals surface area contributed by atoms with Gasteiger partial charge in [0, 0.05) is 16.5 Å². The summed E-state index contributed by atoms with van der Waals surface area (Å²) < 4.78 is 41.6. The van der Waals surface area contributed by atoms with Gasteiger partial charge in [-0.1, -0.05) is 59.5 Å². The van der Waals surface area contributed by atoms with Crippen molar-refractivity contribution in [2.24, 2.45) is 5.92 Å². The molecule has 1 aromatic heterocycles. The van der Waals surface area contributed by atoms with Crippen LogP contribution in [0.15, 0.2) is 88.7 Å². The van der Waals surface area contributed by atoms with Crippen LogP contribution >= 0.6 is 23.1 Å². The van der Waals surface area contributed by atoms with Gasteiger partial charge < -0.3 is 10.4 Å². The summed E-state index contributed by atoms with van der Waals surface area (Å²) in [5.41, 5.74) is -0.154. The molecule has 42 heavy (non-hydrogen) atoms. The van der Waals surface area contributed by atoms with E-state index in [1.54, 1.807) is 42.5 Å². The van der Waals surface area contributed by atoms with Crippen molar-refractivity contribution in [2.75, 3.05) is 10.2 Å². The maximum atomic E-state index is 13.9. The van der Waals surface area contributed by atoms with E-state index in [9.17, 15) is 37.5 Å². The molecule has 8 nitrogen and oxygen atoms in total. The molecule has 13 heteroatoms. The smallest absolute Gasteiger partial charge is 0.416 e. The molecule has 3 amide bonds. The van der Waals surface area contributed by atoms with Gasteiger partial charge in [-0.15, -0.1) is 0 Å². The minimum Gasteiger partial charge on any atom is -0.508 e. The predicted molar refractivity (Wildman–Crippen MR) is 151 cm³/mol. The van der Waals surface area contributed by atoms with Gasteiger partial charge in [0.15, 0.2) is 0 Å². The number of aromatic nitrogens is 1. The van der Waals surface area contributed by atoms with E-state index in [0.29, 0.717) is 21.2 Å². The van der Waals surface area contributed by atoms with Gasteiger partial charge in [0.25, 0.3) is 0 Å². The number of aromatic hydroxyl groups is 1. The summed E-state index contributed by atoms with van der Waals surface area (Å²) in [5, 5.41) is 11.8. The SMILES string of the molecule is O=C(Cn1c2c(sc1=O)[C@@H](c1ccc(O)cc1)[C@H]1C(=O)N(c3cccc(C(F)(F)F)c3)C(=O)[C@H]1S2)Nc1ccccc1. The Bertz CT molecular complexity index is 1770. The summed E-state index contributed by atoms with van der Waals surface area (Å²) in [5.74, 6) is -3.80. The zero-order valence-corrected chi connectivity index (χ0v) is 23.0. The predicted octanol–water partition coefficient (Wildman–Crippen LogP) is 5.07. The fourth-order valence-electron chi connectivity index (χ4n) is 5.24. The lowest BCUT2D eigenvalue weighted by Crippen LogP contribution is -2.33. The van der Waals surface area contributed by atoms with Gasteiger partial charge in [-0.3, -0.25) is 23.7 Å². The molecule has 2 aliphatic heterocycles. The van der Waals surface area contributed by atoms with Crippen molar-refractivity contribution in [1.29, 1.82) is 0 Å². The summed E-state index contributed by atoms with van der Waals surface area (Å²) in [6, 6.07) is 18.6. The average Bonchev–Trinajstić information content (AvgIpc) is 3.40. The second-order valence-corrected chi connectivity index (χ2v) is 11.9. The van der Waals surface area contributed by atoms with Crippen molar-refractivity contribution in [3.63, 3.8) is 0 Å². The summed E-state index contributed by atoms with van der Waals surface area (Å²) in [6.45, 7) is -0.355. The zero-order valence-electron chi connectivity index (χ0n) is 21.4. The molecule has 2 N–H and O–H groups in total. The number of phenols is 1. The average molecular weight is 612 g/mol. The Balaban J connectivity index is 1.42. The summed E-state index contributed by atoms with van der Waals surface area (Å²) in [4.78, 5) is 54.4. The second-order valence-electron chi connectivity index (χ2n) is 9.73. The number of thioether (sulfide) groups is 1. The molecule has 0 bridgehead atoms. The van der Waals surface area contributed by atoms with Crippen LogP contribution in [0.25, 0.3) is 0 Å².